The van der Waals surface area contributed by atoms with Crippen molar-refractivity contribution in [2.24, 2.45) is 0 Å². The monoisotopic (exact) mass is 392 g/mol. The van der Waals surface area contributed by atoms with Crippen LogP contribution in [0.2, 0.25) is 0 Å². The van der Waals surface area contributed by atoms with E-state index in [0.717, 1.165) is 31.0 Å². The molecule has 7 heteroatoms. The Morgan fingerprint density at radius 1 is 0.931 bits per heavy atom. The average Bonchev–Trinajstić information content (AvgIpc) is 3.19. The fourth-order valence-corrected chi connectivity index (χ4v) is 2.87. The molecule has 0 spiro atoms. The second-order valence-electron chi connectivity index (χ2n) is 6.27. The van der Waals surface area contributed by atoms with Gasteiger partial charge in [-0.1, -0.05) is 48.0 Å². The van der Waals surface area contributed by atoms with Crippen LogP contribution in [0.4, 0.5) is 0 Å². The topological polar surface area (TPSA) is 84.5 Å². The highest BCUT2D eigenvalue weighted by atomic mass is 16.5. The predicted octanol–water partition coefficient (Wildman–Crippen LogP) is 1.62. The molecule has 0 N–H and O–H groups in total. The quantitative estimate of drug-likeness (QED) is 0.285. The first kappa shape index (κ1) is 19.9. The average molecular weight is 392 g/mol. The van der Waals surface area contributed by atoms with E-state index in [2.05, 4.69) is 4.74 Å². The van der Waals surface area contributed by atoms with Crippen molar-refractivity contribution in [1.82, 2.24) is 4.57 Å². The number of carbonyl (C=O) groups is 2. The number of carbonyl (C=O) groups excluding carboxylic acids is 2. The third-order valence-corrected chi connectivity index (χ3v) is 4.37. The Labute approximate surface area is 168 Å². The summed E-state index contributed by atoms with van der Waals surface area (Å²) < 4.78 is 12.3. The first-order chi connectivity index (χ1) is 14.0. The molecule has 0 bridgehead atoms. The highest BCUT2D eigenvalue weighted by molar-refractivity contribution is 6.12. The third-order valence-electron chi connectivity index (χ3n) is 4.37. The van der Waals surface area contributed by atoms with Crippen molar-refractivity contribution in [1.29, 1.82) is 0 Å². The van der Waals surface area contributed by atoms with Crippen molar-refractivity contribution in [2.75, 3.05) is 14.2 Å². The minimum atomic E-state index is -1.15. The van der Waals surface area contributed by atoms with Crippen LogP contribution < -0.4 is 9.67 Å². The minimum Gasteiger partial charge on any atom is -0.864 e. The molecule has 0 atom stereocenters. The summed E-state index contributed by atoms with van der Waals surface area (Å²) in [6.07, 6.45) is 3.16. The summed E-state index contributed by atoms with van der Waals surface area (Å²) in [4.78, 5) is 24.1. The summed E-state index contributed by atoms with van der Waals surface area (Å²) in [6.45, 7) is 1.98. The van der Waals surface area contributed by atoms with Gasteiger partial charge >= 0.3 is 11.9 Å². The maximum atomic E-state index is 12.5. The largest absolute Gasteiger partial charge is 0.864 e. The van der Waals surface area contributed by atoms with Crippen LogP contribution in [0, 0.1) is 6.92 Å². The third kappa shape index (κ3) is 4.03. The number of benzene rings is 2. The zero-order valence-electron chi connectivity index (χ0n) is 16.3. The van der Waals surface area contributed by atoms with Crippen LogP contribution >= 0.6 is 0 Å². The van der Waals surface area contributed by atoms with Gasteiger partial charge in [-0.15, -0.1) is 0 Å². The summed E-state index contributed by atoms with van der Waals surface area (Å²) in [7, 11) is 2.22. The van der Waals surface area contributed by atoms with Crippen molar-refractivity contribution >= 4 is 17.6 Å². The van der Waals surface area contributed by atoms with Crippen molar-refractivity contribution in [3.05, 3.63) is 78.4 Å². The fraction of sp³-hybridized carbons (Fsp3) is 0.136. The number of hydrogen-bond donors (Lipinski definition) is 0. The fourth-order valence-electron chi connectivity index (χ4n) is 2.87. The Hall–Kier alpha value is -3.87. The zero-order chi connectivity index (χ0) is 21.0. The molecule has 0 fully saturated rings. The van der Waals surface area contributed by atoms with Gasteiger partial charge in [-0.25, -0.2) is 9.59 Å². The number of ether oxygens (including phenoxy) is 2. The van der Waals surface area contributed by atoms with Gasteiger partial charge in [0, 0.05) is 11.3 Å². The first-order valence-electron chi connectivity index (χ1n) is 8.80. The number of nitrogens with zero attached hydrogens (tertiary/aromatic N) is 2. The van der Waals surface area contributed by atoms with Crippen molar-refractivity contribution in [3.8, 4) is 16.9 Å². The van der Waals surface area contributed by atoms with E-state index < -0.39 is 23.4 Å². The summed E-state index contributed by atoms with van der Waals surface area (Å²) in [6, 6.07) is 17.2. The summed E-state index contributed by atoms with van der Waals surface area (Å²) in [5.41, 5.74) is 3.04. The lowest BCUT2D eigenvalue weighted by Gasteiger charge is -2.12. The molecule has 0 aliphatic rings. The van der Waals surface area contributed by atoms with E-state index in [9.17, 15) is 14.7 Å². The van der Waals surface area contributed by atoms with E-state index >= 15 is 0 Å². The Morgan fingerprint density at radius 3 is 2.14 bits per heavy atom. The molecular formula is C22H20N2O5. The van der Waals surface area contributed by atoms with Crippen LogP contribution in [-0.2, 0) is 19.1 Å². The van der Waals surface area contributed by atoms with Crippen LogP contribution in [-0.4, -0.2) is 30.7 Å². The Morgan fingerprint density at radius 2 is 1.55 bits per heavy atom. The molecule has 148 valence electrons. The van der Waals surface area contributed by atoms with Gasteiger partial charge in [-0.2, -0.15) is 9.13 Å². The standard InChI is InChI=1S/C22H20N2O5/c1-15-9-11-17(12-10-15)24-14-23(13-18(24)16-7-5-4-6-8-16)19(21(26)28-2)20(25)22(27)29-3/h4-14H,1-3H3. The zero-order valence-corrected chi connectivity index (χ0v) is 16.3. The van der Waals surface area contributed by atoms with E-state index in [-0.39, 0.29) is 0 Å². The maximum absolute atomic E-state index is 12.5. The van der Waals surface area contributed by atoms with Crippen LogP contribution in [0.25, 0.3) is 22.6 Å². The van der Waals surface area contributed by atoms with Gasteiger partial charge in [0.1, 0.15) is 11.9 Å². The Bertz CT molecular complexity index is 1070. The molecule has 1 aromatic heterocycles. The number of hydrogen-bond acceptors (Lipinski definition) is 5. The van der Waals surface area contributed by atoms with Gasteiger partial charge in [0.15, 0.2) is 5.69 Å². The molecule has 0 amide bonds. The molecule has 7 nitrogen and oxygen atoms in total. The first-order valence-corrected chi connectivity index (χ1v) is 8.80. The SMILES string of the molecule is COC(=O)/C([O-])=C(\C(=O)OC)[n+]1cc(-c2ccccc2)n(-c2ccc(C)cc2)c1. The van der Waals surface area contributed by atoms with Gasteiger partial charge < -0.3 is 14.6 Å². The molecule has 3 rings (SSSR count). The normalized spacial score (nSPS) is 11.6. The van der Waals surface area contributed by atoms with E-state index in [4.69, 9.17) is 4.74 Å². The van der Waals surface area contributed by atoms with E-state index in [0.29, 0.717) is 5.69 Å². The maximum Gasteiger partial charge on any atom is 0.378 e. The van der Waals surface area contributed by atoms with E-state index in [1.165, 1.54) is 4.57 Å². The highest BCUT2D eigenvalue weighted by Crippen LogP contribution is 2.23. The van der Waals surface area contributed by atoms with Gasteiger partial charge in [-0.3, -0.25) is 0 Å². The van der Waals surface area contributed by atoms with Crippen molar-refractivity contribution in [2.45, 2.75) is 6.92 Å². The highest BCUT2D eigenvalue weighted by Gasteiger charge is 2.27. The van der Waals surface area contributed by atoms with Gasteiger partial charge in [-0.05, 0) is 19.1 Å². The molecule has 0 unspecified atom stereocenters. The molecule has 1 heterocycles. The van der Waals surface area contributed by atoms with Crippen LogP contribution in [0.3, 0.4) is 0 Å². The van der Waals surface area contributed by atoms with Crippen molar-refractivity contribution in [3.63, 3.8) is 0 Å². The molecule has 0 radical (unpaired) electrons. The van der Waals surface area contributed by atoms with Gasteiger partial charge in [0.05, 0.1) is 14.2 Å². The lowest BCUT2D eigenvalue weighted by molar-refractivity contribution is -0.581. The second kappa shape index (κ2) is 8.43. The van der Waals surface area contributed by atoms with Crippen LogP contribution in [0.5, 0.6) is 0 Å². The molecule has 29 heavy (non-hydrogen) atoms. The minimum absolute atomic E-state index is 0.456. The number of esters is 2. The summed E-state index contributed by atoms with van der Waals surface area (Å²) in [5, 5.41) is 12.5. The van der Waals surface area contributed by atoms with Crippen molar-refractivity contribution < 1.29 is 28.7 Å². The van der Waals surface area contributed by atoms with Crippen LogP contribution in [0.15, 0.2) is 72.9 Å². The molecule has 0 saturated heterocycles. The number of rotatable bonds is 5. The predicted molar refractivity (Wildman–Crippen MR) is 103 cm³/mol. The van der Waals surface area contributed by atoms with Crippen LogP contribution in [0.1, 0.15) is 5.56 Å². The van der Waals surface area contributed by atoms with Gasteiger partial charge in [0.2, 0.25) is 5.70 Å². The Balaban J connectivity index is 2.26. The molecule has 3 aromatic rings. The smallest absolute Gasteiger partial charge is 0.378 e. The second-order valence-corrected chi connectivity index (χ2v) is 6.27. The molecular weight excluding hydrogens is 372 g/mol. The molecule has 0 saturated carbocycles. The summed E-state index contributed by atoms with van der Waals surface area (Å²) >= 11 is 0. The van der Waals surface area contributed by atoms with E-state index in [1.807, 2.05) is 66.1 Å². The summed E-state index contributed by atoms with van der Waals surface area (Å²) in [5.74, 6) is -3.18. The van der Waals surface area contributed by atoms with E-state index in [1.54, 1.807) is 12.5 Å². The number of methoxy groups -OCH3 is 2. The lowest BCUT2D eigenvalue weighted by Crippen LogP contribution is -2.40. The Kier molecular flexibility index (Phi) is 5.78. The lowest BCUT2D eigenvalue weighted by atomic mass is 10.1. The molecule has 0 aliphatic carbocycles. The number of aromatic nitrogens is 2. The molecule has 0 aliphatic heterocycles. The van der Waals surface area contributed by atoms with Gasteiger partial charge in [0.25, 0.3) is 6.33 Å². The number of imidazole rings is 1. The number of aryl methyl sites for hydroxylation is 1. The molecule has 2 aromatic carbocycles.